The zero-order valence-corrected chi connectivity index (χ0v) is 12.5. The molecule has 0 aliphatic carbocycles. The molecule has 1 aromatic heterocycles. The van der Waals surface area contributed by atoms with Crippen LogP contribution in [-0.2, 0) is 21.3 Å². The van der Waals surface area contributed by atoms with E-state index < -0.39 is 10.8 Å². The SMILES string of the molecule is COCCNc1cccc(C)c1CS(=O)c1ncc[nH]1. The lowest BCUT2D eigenvalue weighted by Gasteiger charge is -2.13. The summed E-state index contributed by atoms with van der Waals surface area (Å²) in [6.07, 6.45) is 3.30. The summed E-state index contributed by atoms with van der Waals surface area (Å²) < 4.78 is 17.3. The van der Waals surface area contributed by atoms with E-state index in [2.05, 4.69) is 15.3 Å². The standard InChI is InChI=1S/C14H19N3O2S/c1-11-4-3-5-13(15-8-9-19-2)12(11)10-20(18)14-16-6-7-17-14/h3-7,15H,8-10H2,1-2H3,(H,16,17). The quantitative estimate of drug-likeness (QED) is 0.767. The van der Waals surface area contributed by atoms with Crippen molar-refractivity contribution in [3.8, 4) is 0 Å². The van der Waals surface area contributed by atoms with E-state index in [0.717, 1.165) is 23.4 Å². The van der Waals surface area contributed by atoms with Gasteiger partial charge in [0.05, 0.1) is 23.2 Å². The number of hydrogen-bond donors (Lipinski definition) is 2. The molecule has 0 aliphatic rings. The molecule has 2 N–H and O–H groups in total. The molecule has 0 aliphatic heterocycles. The Morgan fingerprint density at radius 2 is 2.30 bits per heavy atom. The summed E-state index contributed by atoms with van der Waals surface area (Å²) in [7, 11) is 0.502. The average molecular weight is 293 g/mol. The van der Waals surface area contributed by atoms with Crippen molar-refractivity contribution in [1.29, 1.82) is 0 Å². The largest absolute Gasteiger partial charge is 0.383 e. The van der Waals surface area contributed by atoms with E-state index in [4.69, 9.17) is 4.74 Å². The molecule has 0 saturated heterocycles. The van der Waals surface area contributed by atoms with Gasteiger partial charge in [-0.25, -0.2) is 4.98 Å². The minimum Gasteiger partial charge on any atom is -0.383 e. The Hall–Kier alpha value is -1.66. The number of ether oxygens (including phenoxy) is 1. The number of aromatic nitrogens is 2. The van der Waals surface area contributed by atoms with Crippen molar-refractivity contribution in [3.63, 3.8) is 0 Å². The van der Waals surface area contributed by atoms with Gasteiger partial charge in [0.2, 0.25) is 0 Å². The highest BCUT2D eigenvalue weighted by molar-refractivity contribution is 7.84. The Kier molecular flexibility index (Phi) is 5.31. The summed E-state index contributed by atoms with van der Waals surface area (Å²) in [6, 6.07) is 6.01. The molecule has 20 heavy (non-hydrogen) atoms. The van der Waals surface area contributed by atoms with E-state index >= 15 is 0 Å². The van der Waals surface area contributed by atoms with Crippen LogP contribution in [-0.4, -0.2) is 34.4 Å². The molecule has 2 aromatic rings. The lowest BCUT2D eigenvalue weighted by atomic mass is 10.1. The number of hydrogen-bond acceptors (Lipinski definition) is 4. The van der Waals surface area contributed by atoms with Crippen LogP contribution in [0.5, 0.6) is 0 Å². The normalized spacial score (nSPS) is 12.3. The first-order chi connectivity index (χ1) is 9.72. The number of nitrogens with one attached hydrogen (secondary N) is 2. The van der Waals surface area contributed by atoms with Crippen molar-refractivity contribution in [1.82, 2.24) is 9.97 Å². The van der Waals surface area contributed by atoms with Gasteiger partial charge < -0.3 is 15.0 Å². The van der Waals surface area contributed by atoms with Crippen LogP contribution in [0.4, 0.5) is 5.69 Å². The summed E-state index contributed by atoms with van der Waals surface area (Å²) >= 11 is 0. The predicted octanol–water partition coefficient (Wildman–Crippen LogP) is 2.08. The molecule has 0 saturated carbocycles. The Balaban J connectivity index is 2.15. The van der Waals surface area contributed by atoms with Crippen LogP contribution in [0.25, 0.3) is 0 Å². The molecule has 0 amide bonds. The highest BCUT2D eigenvalue weighted by Gasteiger charge is 2.12. The zero-order chi connectivity index (χ0) is 14.4. The fourth-order valence-corrected chi connectivity index (χ4v) is 3.08. The van der Waals surface area contributed by atoms with Crippen LogP contribution in [0.3, 0.4) is 0 Å². The number of methoxy groups -OCH3 is 1. The van der Waals surface area contributed by atoms with Gasteiger partial charge in [-0.1, -0.05) is 12.1 Å². The van der Waals surface area contributed by atoms with E-state index in [9.17, 15) is 4.21 Å². The Labute approximate surface area is 121 Å². The first-order valence-electron chi connectivity index (χ1n) is 6.41. The topological polar surface area (TPSA) is 67.0 Å². The molecule has 1 unspecified atom stereocenters. The number of benzene rings is 1. The maximum absolute atomic E-state index is 12.3. The number of rotatable bonds is 7. The molecule has 1 atom stereocenters. The van der Waals surface area contributed by atoms with Gasteiger partial charge in [-0.2, -0.15) is 0 Å². The smallest absolute Gasteiger partial charge is 0.196 e. The molecule has 0 fully saturated rings. The number of nitrogens with zero attached hydrogens (tertiary/aromatic N) is 1. The van der Waals surface area contributed by atoms with Crippen molar-refractivity contribution < 1.29 is 8.95 Å². The van der Waals surface area contributed by atoms with E-state index in [0.29, 0.717) is 17.5 Å². The van der Waals surface area contributed by atoms with E-state index in [-0.39, 0.29) is 0 Å². The molecule has 1 heterocycles. The van der Waals surface area contributed by atoms with Gasteiger partial charge in [-0.3, -0.25) is 4.21 Å². The molecule has 0 bridgehead atoms. The first-order valence-corrected chi connectivity index (χ1v) is 7.73. The maximum atomic E-state index is 12.3. The molecule has 0 spiro atoms. The molecule has 6 heteroatoms. The van der Waals surface area contributed by atoms with E-state index in [1.54, 1.807) is 19.5 Å². The van der Waals surface area contributed by atoms with Crippen molar-refractivity contribution in [2.45, 2.75) is 17.8 Å². The summed E-state index contributed by atoms with van der Waals surface area (Å²) in [4.78, 5) is 6.95. The van der Waals surface area contributed by atoms with Crippen LogP contribution in [0.15, 0.2) is 35.7 Å². The minimum absolute atomic E-state index is 0.440. The van der Waals surface area contributed by atoms with E-state index in [1.807, 2.05) is 25.1 Å². The van der Waals surface area contributed by atoms with Gasteiger partial charge in [0.1, 0.15) is 0 Å². The molecular formula is C14H19N3O2S. The van der Waals surface area contributed by atoms with Gasteiger partial charge in [0, 0.05) is 31.7 Å². The molecule has 0 radical (unpaired) electrons. The molecule has 1 aromatic carbocycles. The summed E-state index contributed by atoms with van der Waals surface area (Å²) in [5.74, 6) is 0.440. The minimum atomic E-state index is -1.17. The Bertz CT molecular complexity index is 570. The lowest BCUT2D eigenvalue weighted by molar-refractivity contribution is 0.211. The number of aryl methyl sites for hydroxylation is 1. The monoisotopic (exact) mass is 293 g/mol. The van der Waals surface area contributed by atoms with Gasteiger partial charge in [-0.05, 0) is 24.1 Å². The number of aromatic amines is 1. The van der Waals surface area contributed by atoms with Crippen LogP contribution in [0.1, 0.15) is 11.1 Å². The molecular weight excluding hydrogens is 274 g/mol. The lowest BCUT2D eigenvalue weighted by Crippen LogP contribution is -2.11. The zero-order valence-electron chi connectivity index (χ0n) is 11.7. The highest BCUT2D eigenvalue weighted by Crippen LogP contribution is 2.22. The summed E-state index contributed by atoms with van der Waals surface area (Å²) in [5.41, 5.74) is 3.17. The fourth-order valence-electron chi connectivity index (χ4n) is 1.92. The predicted molar refractivity (Wildman–Crippen MR) is 80.2 cm³/mol. The van der Waals surface area contributed by atoms with Crippen molar-refractivity contribution in [2.24, 2.45) is 0 Å². The van der Waals surface area contributed by atoms with Crippen LogP contribution >= 0.6 is 0 Å². The van der Waals surface area contributed by atoms with Crippen molar-refractivity contribution >= 4 is 16.5 Å². The fraction of sp³-hybridized carbons (Fsp3) is 0.357. The third-order valence-electron chi connectivity index (χ3n) is 3.00. The number of imidazole rings is 1. The molecule has 108 valence electrons. The van der Waals surface area contributed by atoms with Crippen LogP contribution in [0.2, 0.25) is 0 Å². The third kappa shape index (κ3) is 3.68. The van der Waals surface area contributed by atoms with Gasteiger partial charge >= 0.3 is 0 Å². The number of anilines is 1. The Morgan fingerprint density at radius 1 is 1.45 bits per heavy atom. The molecule has 5 nitrogen and oxygen atoms in total. The maximum Gasteiger partial charge on any atom is 0.196 e. The van der Waals surface area contributed by atoms with Gasteiger partial charge in [0.25, 0.3) is 0 Å². The second kappa shape index (κ2) is 7.21. The van der Waals surface area contributed by atoms with Crippen molar-refractivity contribution in [3.05, 3.63) is 41.7 Å². The van der Waals surface area contributed by atoms with Gasteiger partial charge in [0.15, 0.2) is 5.16 Å². The second-order valence-corrected chi connectivity index (χ2v) is 5.77. The summed E-state index contributed by atoms with van der Waals surface area (Å²) in [5, 5.41) is 3.83. The highest BCUT2D eigenvalue weighted by atomic mass is 32.2. The first kappa shape index (κ1) is 14.7. The third-order valence-corrected chi connectivity index (χ3v) is 4.20. The second-order valence-electron chi connectivity index (χ2n) is 4.40. The average Bonchev–Trinajstić information content (AvgIpc) is 2.96. The van der Waals surface area contributed by atoms with Crippen LogP contribution < -0.4 is 5.32 Å². The Morgan fingerprint density at radius 3 is 3.00 bits per heavy atom. The summed E-state index contributed by atoms with van der Waals surface area (Å²) in [6.45, 7) is 3.38. The van der Waals surface area contributed by atoms with Gasteiger partial charge in [-0.15, -0.1) is 0 Å². The van der Waals surface area contributed by atoms with Crippen molar-refractivity contribution in [2.75, 3.05) is 25.6 Å². The molecule has 2 rings (SSSR count). The van der Waals surface area contributed by atoms with E-state index in [1.165, 1.54) is 0 Å². The number of H-pyrrole nitrogens is 1. The van der Waals surface area contributed by atoms with Crippen LogP contribution in [0, 0.1) is 6.92 Å².